The third-order valence-electron chi connectivity index (χ3n) is 3.30. The van der Waals surface area contributed by atoms with Gasteiger partial charge in [0.15, 0.2) is 0 Å². The van der Waals surface area contributed by atoms with Crippen molar-refractivity contribution in [1.82, 2.24) is 19.7 Å². The van der Waals surface area contributed by atoms with Crippen molar-refractivity contribution in [3.05, 3.63) is 17.5 Å². The second kappa shape index (κ2) is 4.41. The second-order valence-electron chi connectivity index (χ2n) is 4.68. The van der Waals surface area contributed by atoms with Crippen molar-refractivity contribution in [3.63, 3.8) is 0 Å². The van der Waals surface area contributed by atoms with Crippen molar-refractivity contribution in [3.8, 4) is 0 Å². The number of nitrogens with two attached hydrogens (primary N) is 1. The standard InChI is InChI=1S/C9H11N5O6S/c10-8(15)4-13-6-2-12-3-7(5(6)1-11-13)14(9(12)16)20-21(17,18)19/h1,7H,2-4H2,(H2,10,15)(H,17,18,19). The maximum Gasteiger partial charge on any atom is 0.418 e. The molecule has 12 heteroatoms. The van der Waals surface area contributed by atoms with Gasteiger partial charge in [0, 0.05) is 5.56 Å². The molecule has 0 saturated carbocycles. The minimum absolute atomic E-state index is 0.142. The van der Waals surface area contributed by atoms with Crippen LogP contribution in [0, 0.1) is 0 Å². The number of rotatable bonds is 4. The Morgan fingerprint density at radius 3 is 2.90 bits per heavy atom. The lowest BCUT2D eigenvalue weighted by atomic mass is 10.1. The van der Waals surface area contributed by atoms with Crippen molar-refractivity contribution < 1.29 is 26.8 Å². The zero-order valence-corrected chi connectivity index (χ0v) is 11.4. The van der Waals surface area contributed by atoms with Crippen LogP contribution < -0.4 is 5.73 Å². The van der Waals surface area contributed by atoms with E-state index in [4.69, 9.17) is 10.3 Å². The van der Waals surface area contributed by atoms with Crippen molar-refractivity contribution in [2.24, 2.45) is 5.73 Å². The number of hydroxylamine groups is 2. The first kappa shape index (κ1) is 13.8. The molecular weight excluding hydrogens is 306 g/mol. The lowest BCUT2D eigenvalue weighted by molar-refractivity contribution is -0.118. The Bertz CT molecular complexity index is 727. The Balaban J connectivity index is 1.97. The largest absolute Gasteiger partial charge is 0.418 e. The van der Waals surface area contributed by atoms with Gasteiger partial charge in [0.2, 0.25) is 5.91 Å². The molecular formula is C9H11N5O6S. The molecule has 2 aliphatic rings. The zero-order chi connectivity index (χ0) is 15.4. The molecule has 3 rings (SSSR count). The number of amides is 3. The van der Waals surface area contributed by atoms with Crippen LogP contribution in [0.1, 0.15) is 17.3 Å². The molecule has 1 aromatic rings. The van der Waals surface area contributed by atoms with E-state index in [9.17, 15) is 18.0 Å². The quantitative estimate of drug-likeness (QED) is 0.635. The Kier molecular flexibility index (Phi) is 2.89. The highest BCUT2D eigenvalue weighted by Crippen LogP contribution is 2.38. The molecule has 21 heavy (non-hydrogen) atoms. The summed E-state index contributed by atoms with van der Waals surface area (Å²) in [5.41, 5.74) is 6.22. The zero-order valence-electron chi connectivity index (χ0n) is 10.5. The van der Waals surface area contributed by atoms with Crippen LogP contribution >= 0.6 is 0 Å². The van der Waals surface area contributed by atoms with Crippen LogP contribution in [0.2, 0.25) is 0 Å². The van der Waals surface area contributed by atoms with E-state index in [2.05, 4.69) is 9.38 Å². The van der Waals surface area contributed by atoms with Crippen molar-refractivity contribution in [2.75, 3.05) is 6.54 Å². The van der Waals surface area contributed by atoms with Crippen LogP contribution in [-0.2, 0) is 32.6 Å². The minimum Gasteiger partial charge on any atom is -0.368 e. The van der Waals surface area contributed by atoms with E-state index in [1.807, 2.05) is 0 Å². The maximum absolute atomic E-state index is 12.0. The molecule has 1 unspecified atom stereocenters. The SMILES string of the molecule is NC(=O)Cn1ncc2c1CN1CC2N(OS(=O)(=O)O)C1=O. The van der Waals surface area contributed by atoms with E-state index >= 15 is 0 Å². The van der Waals surface area contributed by atoms with E-state index in [-0.39, 0.29) is 19.6 Å². The molecule has 1 saturated heterocycles. The van der Waals surface area contributed by atoms with Gasteiger partial charge in [0.1, 0.15) is 12.6 Å². The average Bonchev–Trinajstić information content (AvgIpc) is 2.84. The molecule has 1 aromatic heterocycles. The fraction of sp³-hybridized carbons (Fsp3) is 0.444. The smallest absolute Gasteiger partial charge is 0.368 e. The Morgan fingerprint density at radius 2 is 2.29 bits per heavy atom. The highest BCUT2D eigenvalue weighted by Gasteiger charge is 2.47. The molecule has 0 spiro atoms. The maximum atomic E-state index is 12.0. The monoisotopic (exact) mass is 317 g/mol. The summed E-state index contributed by atoms with van der Waals surface area (Å²) in [6.07, 6.45) is 1.42. The van der Waals surface area contributed by atoms with Crippen molar-refractivity contribution >= 4 is 22.3 Å². The first-order valence-electron chi connectivity index (χ1n) is 5.84. The number of fused-ring (bicyclic) bond motifs is 4. The number of nitrogens with zero attached hydrogens (tertiary/aromatic N) is 4. The topological polar surface area (TPSA) is 148 Å². The number of hydrogen-bond acceptors (Lipinski definition) is 6. The van der Waals surface area contributed by atoms with Crippen molar-refractivity contribution in [2.45, 2.75) is 19.1 Å². The van der Waals surface area contributed by atoms with Gasteiger partial charge in [0.05, 0.1) is 25.0 Å². The summed E-state index contributed by atoms with van der Waals surface area (Å²) < 4.78 is 36.1. The second-order valence-corrected chi connectivity index (χ2v) is 5.68. The van der Waals surface area contributed by atoms with E-state index < -0.39 is 28.4 Å². The molecule has 11 nitrogen and oxygen atoms in total. The van der Waals surface area contributed by atoms with E-state index in [1.54, 1.807) is 0 Å². The Labute approximate surface area is 118 Å². The van der Waals surface area contributed by atoms with Crippen LogP contribution in [0.3, 0.4) is 0 Å². The first-order valence-corrected chi connectivity index (χ1v) is 7.21. The Morgan fingerprint density at radius 1 is 1.57 bits per heavy atom. The Hall–Kier alpha value is -2.18. The third-order valence-corrected chi connectivity index (χ3v) is 3.65. The summed E-state index contributed by atoms with van der Waals surface area (Å²) in [7, 11) is -4.82. The predicted octanol–water partition coefficient (Wildman–Crippen LogP) is -1.60. The summed E-state index contributed by atoms with van der Waals surface area (Å²) >= 11 is 0. The van der Waals surface area contributed by atoms with E-state index in [0.717, 1.165) is 0 Å². The number of aromatic nitrogens is 2. The molecule has 3 amide bonds. The van der Waals surface area contributed by atoms with Gasteiger partial charge in [0.25, 0.3) is 0 Å². The highest BCUT2D eigenvalue weighted by atomic mass is 32.3. The lowest BCUT2D eigenvalue weighted by Crippen LogP contribution is -2.32. The molecule has 114 valence electrons. The summed E-state index contributed by atoms with van der Waals surface area (Å²) in [6.45, 7) is 0.191. The average molecular weight is 317 g/mol. The van der Waals surface area contributed by atoms with Crippen LogP contribution in [0.25, 0.3) is 0 Å². The minimum atomic E-state index is -4.82. The normalized spacial score (nSPS) is 20.8. The lowest BCUT2D eigenvalue weighted by Gasteiger charge is -2.22. The fourth-order valence-electron chi connectivity index (χ4n) is 2.52. The molecule has 0 aromatic carbocycles. The van der Waals surface area contributed by atoms with Gasteiger partial charge in [-0.25, -0.2) is 4.79 Å². The summed E-state index contributed by atoms with van der Waals surface area (Å²) in [4.78, 5) is 24.3. The number of carbonyl (C=O) groups excluding carboxylic acids is 2. The van der Waals surface area contributed by atoms with Crippen molar-refractivity contribution in [1.29, 1.82) is 0 Å². The highest BCUT2D eigenvalue weighted by molar-refractivity contribution is 7.80. The molecule has 3 heterocycles. The summed E-state index contributed by atoms with van der Waals surface area (Å²) in [5.74, 6) is -0.591. The summed E-state index contributed by atoms with van der Waals surface area (Å²) in [6, 6.07) is -1.43. The molecule has 0 radical (unpaired) electrons. The molecule has 3 N–H and O–H groups in total. The molecule has 2 bridgehead atoms. The molecule has 1 atom stereocenters. The van der Waals surface area contributed by atoms with Crippen LogP contribution in [-0.4, -0.2) is 51.2 Å². The van der Waals surface area contributed by atoms with E-state index in [0.29, 0.717) is 16.3 Å². The van der Waals surface area contributed by atoms with Gasteiger partial charge in [-0.05, 0) is 0 Å². The third kappa shape index (κ3) is 2.32. The van der Waals surface area contributed by atoms with Crippen LogP contribution in [0.5, 0.6) is 0 Å². The van der Waals surface area contributed by atoms with Gasteiger partial charge in [-0.1, -0.05) is 0 Å². The molecule has 0 aliphatic carbocycles. The predicted molar refractivity (Wildman–Crippen MR) is 64.4 cm³/mol. The summed E-state index contributed by atoms with van der Waals surface area (Å²) in [5, 5.41) is 4.58. The fourth-order valence-corrected chi connectivity index (χ4v) is 2.89. The van der Waals surface area contributed by atoms with Gasteiger partial charge < -0.3 is 10.6 Å². The first-order chi connectivity index (χ1) is 9.76. The number of carbonyl (C=O) groups is 2. The molecule has 1 fully saturated rings. The van der Waals surface area contributed by atoms with Gasteiger partial charge >= 0.3 is 16.4 Å². The van der Waals surface area contributed by atoms with Crippen LogP contribution in [0.4, 0.5) is 4.79 Å². The van der Waals surface area contributed by atoms with Gasteiger partial charge in [-0.3, -0.25) is 14.0 Å². The van der Waals surface area contributed by atoms with Gasteiger partial charge in [-0.15, -0.1) is 4.28 Å². The van der Waals surface area contributed by atoms with Gasteiger partial charge in [-0.2, -0.15) is 18.6 Å². The van der Waals surface area contributed by atoms with E-state index in [1.165, 1.54) is 15.8 Å². The number of urea groups is 1. The van der Waals surface area contributed by atoms with Crippen LogP contribution in [0.15, 0.2) is 6.20 Å². The molecule has 2 aliphatic heterocycles. The number of primary amides is 1. The number of hydrogen-bond donors (Lipinski definition) is 2.